The molecule has 37 heavy (non-hydrogen) atoms. The number of amides is 1. The summed E-state index contributed by atoms with van der Waals surface area (Å²) in [7, 11) is -0.461. The molecule has 8 heteroatoms. The summed E-state index contributed by atoms with van der Waals surface area (Å²) in [5.74, 6) is 1.01. The lowest BCUT2D eigenvalue weighted by Gasteiger charge is -2.24. The third kappa shape index (κ3) is 7.11. The van der Waals surface area contributed by atoms with Crippen LogP contribution in [0.25, 0.3) is 0 Å². The van der Waals surface area contributed by atoms with Crippen molar-refractivity contribution in [3.8, 4) is 11.5 Å². The predicted octanol–water partition coefficient (Wildman–Crippen LogP) is 5.36. The minimum absolute atomic E-state index is 0.193. The summed E-state index contributed by atoms with van der Waals surface area (Å²) in [5.41, 5.74) is 2.30. The monoisotopic (exact) mass is 524 g/mol. The zero-order chi connectivity index (χ0) is 26.8. The molecule has 0 aromatic heterocycles. The maximum absolute atomic E-state index is 13.6. The third-order valence-corrected chi connectivity index (χ3v) is 7.92. The molecule has 0 unspecified atom stereocenters. The van der Waals surface area contributed by atoms with Gasteiger partial charge in [-0.2, -0.15) is 4.31 Å². The van der Waals surface area contributed by atoms with Crippen LogP contribution in [0.15, 0.2) is 77.7 Å². The Balaban J connectivity index is 1.89. The van der Waals surface area contributed by atoms with E-state index in [1.54, 1.807) is 31.3 Å². The minimum atomic E-state index is -3.62. The first-order chi connectivity index (χ1) is 17.8. The van der Waals surface area contributed by atoms with Gasteiger partial charge in [-0.15, -0.1) is 0 Å². The number of hydrogen-bond acceptors (Lipinski definition) is 5. The number of sulfonamides is 1. The Morgan fingerprint density at radius 2 is 1.35 bits per heavy atom. The summed E-state index contributed by atoms with van der Waals surface area (Å²) in [6, 6.07) is 21.6. The molecule has 3 aromatic rings. The molecular formula is C29H36N2O5S. The molecule has 0 bridgehead atoms. The maximum atomic E-state index is 13.6. The van der Waals surface area contributed by atoms with Gasteiger partial charge in [-0.25, -0.2) is 8.42 Å². The van der Waals surface area contributed by atoms with E-state index >= 15 is 0 Å². The molecule has 0 N–H and O–H groups in total. The second kappa shape index (κ2) is 13.3. The largest absolute Gasteiger partial charge is 0.493 e. The minimum Gasteiger partial charge on any atom is -0.493 e. The van der Waals surface area contributed by atoms with Crippen molar-refractivity contribution in [2.45, 2.75) is 44.7 Å². The zero-order valence-corrected chi connectivity index (χ0v) is 22.8. The van der Waals surface area contributed by atoms with Crippen LogP contribution < -0.4 is 9.47 Å². The van der Waals surface area contributed by atoms with Gasteiger partial charge >= 0.3 is 0 Å². The topological polar surface area (TPSA) is 76.2 Å². The van der Waals surface area contributed by atoms with Crippen molar-refractivity contribution in [2.75, 3.05) is 27.3 Å². The molecule has 0 saturated carbocycles. The number of nitrogens with zero attached hydrogens (tertiary/aromatic N) is 2. The average molecular weight is 525 g/mol. The second-order valence-electron chi connectivity index (χ2n) is 8.76. The van der Waals surface area contributed by atoms with Crippen molar-refractivity contribution in [2.24, 2.45) is 0 Å². The average Bonchev–Trinajstić information content (AvgIpc) is 2.92. The van der Waals surface area contributed by atoms with Gasteiger partial charge in [-0.3, -0.25) is 4.79 Å². The fraction of sp³-hybridized carbons (Fsp3) is 0.345. The number of methoxy groups -OCH3 is 2. The molecule has 0 aliphatic rings. The summed E-state index contributed by atoms with van der Waals surface area (Å²) in [5, 5.41) is 0. The maximum Gasteiger partial charge on any atom is 0.254 e. The van der Waals surface area contributed by atoms with E-state index in [2.05, 4.69) is 0 Å². The molecule has 198 valence electrons. The number of benzene rings is 3. The van der Waals surface area contributed by atoms with Gasteiger partial charge < -0.3 is 14.4 Å². The highest BCUT2D eigenvalue weighted by Crippen LogP contribution is 2.28. The van der Waals surface area contributed by atoms with Crippen LogP contribution in [-0.2, 0) is 23.1 Å². The van der Waals surface area contributed by atoms with Gasteiger partial charge in [0, 0.05) is 31.7 Å². The van der Waals surface area contributed by atoms with Crippen LogP contribution >= 0.6 is 0 Å². The van der Waals surface area contributed by atoms with Gasteiger partial charge in [0.05, 0.1) is 19.1 Å². The fourth-order valence-corrected chi connectivity index (χ4v) is 5.78. The second-order valence-corrected chi connectivity index (χ2v) is 10.7. The SMILES string of the molecule is CCCN(CCC)S(=O)(=O)c1ccc(C(=O)N(Cc2ccccc2)Cc2ccc(OC)c(OC)c2)cc1. The quantitative estimate of drug-likeness (QED) is 0.301. The highest BCUT2D eigenvalue weighted by molar-refractivity contribution is 7.89. The molecule has 0 aliphatic carbocycles. The molecule has 0 radical (unpaired) electrons. The first-order valence-electron chi connectivity index (χ1n) is 12.5. The first kappa shape index (κ1) is 28.2. The van der Waals surface area contributed by atoms with E-state index in [0.29, 0.717) is 43.2 Å². The Morgan fingerprint density at radius 3 is 1.92 bits per heavy atom. The van der Waals surface area contributed by atoms with Crippen LogP contribution in [0.4, 0.5) is 0 Å². The number of carbonyl (C=O) groups is 1. The molecule has 0 fully saturated rings. The van der Waals surface area contributed by atoms with Gasteiger partial charge in [0.15, 0.2) is 11.5 Å². The van der Waals surface area contributed by atoms with Gasteiger partial charge in [0.1, 0.15) is 0 Å². The summed E-state index contributed by atoms with van der Waals surface area (Å²) >= 11 is 0. The summed E-state index contributed by atoms with van der Waals surface area (Å²) in [6.07, 6.45) is 1.47. The molecule has 0 aliphatic heterocycles. The molecule has 0 atom stereocenters. The van der Waals surface area contributed by atoms with Crippen LogP contribution in [0.2, 0.25) is 0 Å². The summed E-state index contributed by atoms with van der Waals surface area (Å²) in [6.45, 7) is 5.59. The molecule has 0 saturated heterocycles. The molecule has 3 aromatic carbocycles. The van der Waals surface area contributed by atoms with Gasteiger partial charge in [0.2, 0.25) is 10.0 Å². The van der Waals surface area contributed by atoms with Gasteiger partial charge in [-0.05, 0) is 60.4 Å². The molecule has 1 amide bonds. The molecule has 7 nitrogen and oxygen atoms in total. The van der Waals surface area contributed by atoms with E-state index in [-0.39, 0.29) is 10.8 Å². The van der Waals surface area contributed by atoms with Crippen LogP contribution in [0, 0.1) is 0 Å². The standard InChI is InChI=1S/C29H36N2O5S/c1-5-18-31(19-6-2)37(33,34)26-15-13-25(14-16-26)29(32)30(21-23-10-8-7-9-11-23)22-24-12-17-27(35-3)28(20-24)36-4/h7-17,20H,5-6,18-19,21-22H2,1-4H3. The number of rotatable bonds is 13. The van der Waals surface area contributed by atoms with Crippen molar-refractivity contribution >= 4 is 15.9 Å². The van der Waals surface area contributed by atoms with E-state index in [4.69, 9.17) is 9.47 Å². The van der Waals surface area contributed by atoms with E-state index in [1.165, 1.54) is 16.4 Å². The molecule has 0 spiro atoms. The molecule has 0 heterocycles. The molecular weight excluding hydrogens is 488 g/mol. The van der Waals surface area contributed by atoms with Crippen LogP contribution in [0.3, 0.4) is 0 Å². The Kier molecular flexibility index (Phi) is 10.1. The lowest BCUT2D eigenvalue weighted by Crippen LogP contribution is -2.33. The Hall–Kier alpha value is -3.36. The van der Waals surface area contributed by atoms with Crippen LogP contribution in [-0.4, -0.2) is 50.8 Å². The van der Waals surface area contributed by atoms with Gasteiger partial charge in [0.25, 0.3) is 5.91 Å². The van der Waals surface area contributed by atoms with Crippen molar-refractivity contribution in [3.63, 3.8) is 0 Å². The number of ether oxygens (including phenoxy) is 2. The van der Waals surface area contributed by atoms with Gasteiger partial charge in [-0.1, -0.05) is 50.2 Å². The summed E-state index contributed by atoms with van der Waals surface area (Å²) in [4.78, 5) is 15.6. The van der Waals surface area contributed by atoms with Crippen molar-refractivity contribution < 1.29 is 22.7 Å². The third-order valence-electron chi connectivity index (χ3n) is 6.01. The molecule has 3 rings (SSSR count). The van der Waals surface area contributed by atoms with Crippen molar-refractivity contribution in [3.05, 3.63) is 89.5 Å². The highest BCUT2D eigenvalue weighted by Gasteiger charge is 2.24. The Labute approximate surface area is 220 Å². The van der Waals surface area contributed by atoms with E-state index in [0.717, 1.165) is 24.0 Å². The van der Waals surface area contributed by atoms with Crippen molar-refractivity contribution in [1.82, 2.24) is 9.21 Å². The Bertz CT molecular complexity index is 1260. The van der Waals surface area contributed by atoms with Crippen LogP contribution in [0.1, 0.15) is 48.2 Å². The van der Waals surface area contributed by atoms with E-state index < -0.39 is 10.0 Å². The normalized spacial score (nSPS) is 11.4. The lowest BCUT2D eigenvalue weighted by molar-refractivity contribution is 0.0729. The number of carbonyl (C=O) groups excluding carboxylic acids is 1. The first-order valence-corrected chi connectivity index (χ1v) is 13.9. The Morgan fingerprint density at radius 1 is 0.757 bits per heavy atom. The zero-order valence-electron chi connectivity index (χ0n) is 22.0. The fourth-order valence-electron chi connectivity index (χ4n) is 4.15. The van der Waals surface area contributed by atoms with Crippen LogP contribution in [0.5, 0.6) is 11.5 Å². The smallest absolute Gasteiger partial charge is 0.254 e. The van der Waals surface area contributed by atoms with Crippen molar-refractivity contribution in [1.29, 1.82) is 0 Å². The summed E-state index contributed by atoms with van der Waals surface area (Å²) < 4.78 is 38.5. The predicted molar refractivity (Wildman–Crippen MR) is 145 cm³/mol. The lowest BCUT2D eigenvalue weighted by atomic mass is 10.1. The number of hydrogen-bond donors (Lipinski definition) is 0. The van der Waals surface area contributed by atoms with E-state index in [1.807, 2.05) is 62.4 Å². The highest BCUT2D eigenvalue weighted by atomic mass is 32.2. The van der Waals surface area contributed by atoms with E-state index in [9.17, 15) is 13.2 Å².